The Morgan fingerprint density at radius 3 is 2.38 bits per heavy atom. The molecule has 0 N–H and O–H groups in total. The highest BCUT2D eigenvalue weighted by Gasteiger charge is 2.01. The van der Waals surface area contributed by atoms with Crippen molar-refractivity contribution in [1.29, 1.82) is 0 Å². The van der Waals surface area contributed by atoms with E-state index in [4.69, 9.17) is 0 Å². The summed E-state index contributed by atoms with van der Waals surface area (Å²) in [6.07, 6.45) is 0. The van der Waals surface area contributed by atoms with Crippen LogP contribution in [0.25, 0.3) is 21.5 Å². The van der Waals surface area contributed by atoms with Gasteiger partial charge in [0.05, 0.1) is 0 Å². The molecule has 3 rings (SSSR count). The summed E-state index contributed by atoms with van der Waals surface area (Å²) in [5, 5.41) is 5.24. The Bertz CT molecular complexity index is 683. The zero-order valence-corrected chi connectivity index (χ0v) is 10.6. The van der Waals surface area contributed by atoms with Gasteiger partial charge in [0.15, 0.2) is 0 Å². The van der Waals surface area contributed by atoms with Crippen LogP contribution in [0.15, 0.2) is 53.0 Å². The van der Waals surface area contributed by atoms with E-state index in [0.29, 0.717) is 0 Å². The lowest BCUT2D eigenvalue weighted by Gasteiger charge is -2.05. The maximum atomic E-state index is 3.53. The first kappa shape index (κ1) is 9.86. The van der Waals surface area contributed by atoms with Crippen molar-refractivity contribution in [3.63, 3.8) is 0 Å². The molecule has 0 fully saturated rings. The van der Waals surface area contributed by atoms with Gasteiger partial charge in [-0.05, 0) is 40.6 Å². The second-order valence-electron chi connectivity index (χ2n) is 4.16. The fraction of sp³-hybridized carbons (Fsp3) is 0.0667. The third-order valence-corrected chi connectivity index (χ3v) is 3.45. The van der Waals surface area contributed by atoms with Gasteiger partial charge in [0.2, 0.25) is 0 Å². The van der Waals surface area contributed by atoms with E-state index in [0.717, 1.165) is 4.47 Å². The average molecular weight is 271 g/mol. The predicted octanol–water partition coefficient (Wildman–Crippen LogP) is 5.06. The van der Waals surface area contributed by atoms with Crippen molar-refractivity contribution in [3.05, 3.63) is 58.6 Å². The van der Waals surface area contributed by atoms with Gasteiger partial charge in [-0.15, -0.1) is 0 Å². The van der Waals surface area contributed by atoms with E-state index in [1.54, 1.807) is 0 Å². The van der Waals surface area contributed by atoms with Gasteiger partial charge in [0.1, 0.15) is 0 Å². The summed E-state index contributed by atoms with van der Waals surface area (Å²) >= 11 is 3.53. The van der Waals surface area contributed by atoms with Crippen molar-refractivity contribution in [2.75, 3.05) is 0 Å². The Morgan fingerprint density at radius 1 is 0.750 bits per heavy atom. The number of rotatable bonds is 0. The van der Waals surface area contributed by atoms with Gasteiger partial charge in [0.25, 0.3) is 0 Å². The highest BCUT2D eigenvalue weighted by Crippen LogP contribution is 2.28. The highest BCUT2D eigenvalue weighted by atomic mass is 79.9. The van der Waals surface area contributed by atoms with Crippen LogP contribution in [0.5, 0.6) is 0 Å². The molecule has 0 bridgehead atoms. The average Bonchev–Trinajstić information content (AvgIpc) is 2.28. The van der Waals surface area contributed by atoms with Gasteiger partial charge in [0, 0.05) is 4.47 Å². The van der Waals surface area contributed by atoms with Crippen molar-refractivity contribution in [2.24, 2.45) is 0 Å². The number of hydrogen-bond acceptors (Lipinski definition) is 0. The molecule has 3 aromatic carbocycles. The molecule has 0 aliphatic heterocycles. The maximum absolute atomic E-state index is 3.53. The molecule has 0 atom stereocenters. The van der Waals surface area contributed by atoms with Crippen LogP contribution < -0.4 is 0 Å². The first-order valence-electron chi connectivity index (χ1n) is 5.33. The van der Waals surface area contributed by atoms with Crippen molar-refractivity contribution in [3.8, 4) is 0 Å². The Labute approximate surface area is 103 Å². The Hall–Kier alpha value is -1.34. The Kier molecular flexibility index (Phi) is 2.22. The number of benzene rings is 3. The van der Waals surface area contributed by atoms with Crippen LogP contribution in [-0.4, -0.2) is 0 Å². The smallest absolute Gasteiger partial charge is 0.0181 e. The Balaban J connectivity index is 2.52. The molecule has 0 amide bonds. The molecule has 78 valence electrons. The number of hydrogen-bond donors (Lipinski definition) is 0. The number of halogens is 1. The van der Waals surface area contributed by atoms with E-state index in [9.17, 15) is 0 Å². The SMILES string of the molecule is Cc1ccc2c(ccc3ccc(Br)cc32)c1. The van der Waals surface area contributed by atoms with Crippen LogP contribution in [0.2, 0.25) is 0 Å². The molecule has 0 saturated heterocycles. The summed E-state index contributed by atoms with van der Waals surface area (Å²) < 4.78 is 1.13. The van der Waals surface area contributed by atoms with Gasteiger partial charge in [-0.3, -0.25) is 0 Å². The zero-order valence-electron chi connectivity index (χ0n) is 9.00. The molecule has 0 aromatic heterocycles. The molecule has 1 heteroatoms. The fourth-order valence-electron chi connectivity index (χ4n) is 2.15. The molecule has 0 radical (unpaired) electrons. The van der Waals surface area contributed by atoms with Gasteiger partial charge in [-0.1, -0.05) is 57.9 Å². The standard InChI is InChI=1S/C15H11Br/c1-10-2-7-14-12(8-10)4-3-11-5-6-13(16)9-15(11)14/h2-9H,1H3. The summed E-state index contributed by atoms with van der Waals surface area (Å²) in [7, 11) is 0. The van der Waals surface area contributed by atoms with Crippen LogP contribution in [0.4, 0.5) is 0 Å². The van der Waals surface area contributed by atoms with E-state index >= 15 is 0 Å². The molecular formula is C15H11Br. The first-order valence-corrected chi connectivity index (χ1v) is 6.12. The molecule has 0 spiro atoms. The lowest BCUT2D eigenvalue weighted by molar-refractivity contribution is 1.51. The normalized spacial score (nSPS) is 11.1. The summed E-state index contributed by atoms with van der Waals surface area (Å²) in [4.78, 5) is 0. The second kappa shape index (κ2) is 3.60. The van der Waals surface area contributed by atoms with Crippen LogP contribution in [0.3, 0.4) is 0 Å². The molecule has 0 nitrogen and oxygen atoms in total. The van der Waals surface area contributed by atoms with Crippen LogP contribution in [0, 0.1) is 6.92 Å². The molecule has 0 heterocycles. The lowest BCUT2D eigenvalue weighted by Crippen LogP contribution is -1.79. The van der Waals surface area contributed by atoms with E-state index in [-0.39, 0.29) is 0 Å². The molecule has 0 aliphatic rings. The van der Waals surface area contributed by atoms with Gasteiger partial charge < -0.3 is 0 Å². The maximum Gasteiger partial charge on any atom is 0.0181 e. The summed E-state index contributed by atoms with van der Waals surface area (Å²) in [5.41, 5.74) is 1.31. The van der Waals surface area contributed by atoms with Gasteiger partial charge in [-0.25, -0.2) is 0 Å². The fourth-order valence-corrected chi connectivity index (χ4v) is 2.51. The van der Waals surface area contributed by atoms with Crippen LogP contribution in [0.1, 0.15) is 5.56 Å². The van der Waals surface area contributed by atoms with Crippen LogP contribution >= 0.6 is 15.9 Å². The van der Waals surface area contributed by atoms with Gasteiger partial charge >= 0.3 is 0 Å². The summed E-state index contributed by atoms with van der Waals surface area (Å²) in [6.45, 7) is 2.13. The quantitative estimate of drug-likeness (QED) is 0.501. The third kappa shape index (κ3) is 1.52. The first-order chi connectivity index (χ1) is 7.74. The highest BCUT2D eigenvalue weighted by molar-refractivity contribution is 9.10. The van der Waals surface area contributed by atoms with Crippen molar-refractivity contribution in [1.82, 2.24) is 0 Å². The minimum atomic E-state index is 1.13. The van der Waals surface area contributed by atoms with Crippen molar-refractivity contribution in [2.45, 2.75) is 6.92 Å². The minimum absolute atomic E-state index is 1.13. The topological polar surface area (TPSA) is 0 Å². The van der Waals surface area contributed by atoms with E-state index in [1.165, 1.54) is 27.1 Å². The van der Waals surface area contributed by atoms with E-state index < -0.39 is 0 Å². The minimum Gasteiger partial charge on any atom is -0.0587 e. The zero-order chi connectivity index (χ0) is 11.1. The lowest BCUT2D eigenvalue weighted by atomic mass is 10.0. The molecule has 0 aliphatic carbocycles. The van der Waals surface area contributed by atoms with Gasteiger partial charge in [-0.2, -0.15) is 0 Å². The monoisotopic (exact) mass is 270 g/mol. The largest absolute Gasteiger partial charge is 0.0587 e. The molecular weight excluding hydrogens is 260 g/mol. The number of fused-ring (bicyclic) bond motifs is 3. The molecule has 16 heavy (non-hydrogen) atoms. The predicted molar refractivity (Wildman–Crippen MR) is 73.9 cm³/mol. The second-order valence-corrected chi connectivity index (χ2v) is 5.07. The van der Waals surface area contributed by atoms with E-state index in [2.05, 4.69) is 71.4 Å². The molecule has 0 unspecified atom stereocenters. The van der Waals surface area contributed by atoms with Crippen molar-refractivity contribution >= 4 is 37.5 Å². The number of aryl methyl sites for hydroxylation is 1. The van der Waals surface area contributed by atoms with Crippen LogP contribution in [-0.2, 0) is 0 Å². The Morgan fingerprint density at radius 2 is 1.50 bits per heavy atom. The third-order valence-electron chi connectivity index (χ3n) is 2.96. The van der Waals surface area contributed by atoms with E-state index in [1.807, 2.05) is 0 Å². The molecule has 3 aromatic rings. The summed E-state index contributed by atoms with van der Waals surface area (Å²) in [6, 6.07) is 17.4. The van der Waals surface area contributed by atoms with Crippen molar-refractivity contribution < 1.29 is 0 Å². The molecule has 0 saturated carbocycles. The summed E-state index contributed by atoms with van der Waals surface area (Å²) in [5.74, 6) is 0.